The van der Waals surface area contributed by atoms with Crippen molar-refractivity contribution in [2.45, 2.75) is 44.9 Å². The second-order valence-electron chi connectivity index (χ2n) is 5.54. The van der Waals surface area contributed by atoms with Gasteiger partial charge in [-0.25, -0.2) is 0 Å². The number of aryl methyl sites for hydroxylation is 1. The molecule has 1 saturated carbocycles. The molecule has 0 amide bonds. The quantitative estimate of drug-likeness (QED) is 0.742. The number of esters is 1. The summed E-state index contributed by atoms with van der Waals surface area (Å²) in [5.41, 5.74) is 1.14. The Morgan fingerprint density at radius 2 is 1.85 bits per heavy atom. The molecule has 0 spiro atoms. The first-order valence-corrected chi connectivity index (χ1v) is 7.56. The van der Waals surface area contributed by atoms with Crippen LogP contribution in [0.5, 0.6) is 5.75 Å². The maximum absolute atomic E-state index is 11.1. The van der Waals surface area contributed by atoms with Crippen LogP contribution in [0.3, 0.4) is 0 Å². The highest BCUT2D eigenvalue weighted by Crippen LogP contribution is 2.24. The maximum Gasteiger partial charge on any atom is 0.305 e. The lowest BCUT2D eigenvalue weighted by atomic mass is 9.90. The van der Waals surface area contributed by atoms with Gasteiger partial charge >= 0.3 is 5.97 Å². The van der Waals surface area contributed by atoms with E-state index in [4.69, 9.17) is 4.74 Å². The smallest absolute Gasteiger partial charge is 0.305 e. The average Bonchev–Trinajstić information content (AvgIpc) is 2.52. The van der Waals surface area contributed by atoms with Crippen molar-refractivity contribution in [2.24, 2.45) is 5.92 Å². The molecular weight excluding hydrogens is 252 g/mol. The highest BCUT2D eigenvalue weighted by Gasteiger charge is 2.13. The molecule has 2 rings (SSSR count). The van der Waals surface area contributed by atoms with Crippen LogP contribution in [0, 0.1) is 5.92 Å². The van der Waals surface area contributed by atoms with E-state index in [1.165, 1.54) is 39.2 Å². The summed E-state index contributed by atoms with van der Waals surface area (Å²) >= 11 is 0. The minimum absolute atomic E-state index is 0.164. The first kappa shape index (κ1) is 14.9. The Balaban J connectivity index is 1.74. The molecule has 0 aliphatic heterocycles. The van der Waals surface area contributed by atoms with E-state index < -0.39 is 0 Å². The molecule has 3 heteroatoms. The van der Waals surface area contributed by atoms with Crippen LogP contribution in [-0.4, -0.2) is 19.7 Å². The van der Waals surface area contributed by atoms with Gasteiger partial charge in [-0.1, -0.05) is 31.4 Å². The van der Waals surface area contributed by atoms with Crippen LogP contribution in [-0.2, 0) is 16.0 Å². The van der Waals surface area contributed by atoms with Gasteiger partial charge in [0.05, 0.1) is 13.7 Å². The van der Waals surface area contributed by atoms with Crippen molar-refractivity contribution in [2.75, 3.05) is 13.7 Å². The summed E-state index contributed by atoms with van der Waals surface area (Å²) in [5.74, 6) is 1.49. The zero-order valence-electron chi connectivity index (χ0n) is 12.3. The molecule has 1 aliphatic carbocycles. The van der Waals surface area contributed by atoms with Gasteiger partial charge in [0.25, 0.3) is 0 Å². The van der Waals surface area contributed by atoms with Crippen LogP contribution < -0.4 is 4.74 Å². The van der Waals surface area contributed by atoms with Gasteiger partial charge in [0.15, 0.2) is 0 Å². The number of carbonyl (C=O) groups excluding carboxylic acids is 1. The summed E-state index contributed by atoms with van der Waals surface area (Å²) in [4.78, 5) is 11.1. The summed E-state index contributed by atoms with van der Waals surface area (Å²) in [6.45, 7) is 0.835. The first-order valence-electron chi connectivity index (χ1n) is 7.56. The lowest BCUT2D eigenvalue weighted by molar-refractivity contribution is -0.140. The standard InChI is InChI=1S/C17H24O3/c1-19-17(18)12-9-14-7-10-16(11-8-14)20-13-15-5-3-2-4-6-15/h7-8,10-11,15H,2-6,9,12-13H2,1H3. The van der Waals surface area contributed by atoms with Gasteiger partial charge in [-0.3, -0.25) is 4.79 Å². The number of benzene rings is 1. The second kappa shape index (κ2) is 7.93. The molecule has 110 valence electrons. The normalized spacial score (nSPS) is 15.8. The van der Waals surface area contributed by atoms with Crippen LogP contribution >= 0.6 is 0 Å². The van der Waals surface area contributed by atoms with Gasteiger partial charge in [-0.05, 0) is 42.9 Å². The highest BCUT2D eigenvalue weighted by molar-refractivity contribution is 5.69. The van der Waals surface area contributed by atoms with Gasteiger partial charge < -0.3 is 9.47 Å². The molecule has 1 fully saturated rings. The molecule has 0 bridgehead atoms. The van der Waals surface area contributed by atoms with Gasteiger partial charge in [0.2, 0.25) is 0 Å². The number of hydrogen-bond acceptors (Lipinski definition) is 3. The van der Waals surface area contributed by atoms with Crippen LogP contribution in [0.4, 0.5) is 0 Å². The summed E-state index contributed by atoms with van der Waals surface area (Å²) in [5, 5.41) is 0. The van der Waals surface area contributed by atoms with Crippen molar-refractivity contribution < 1.29 is 14.3 Å². The van der Waals surface area contributed by atoms with E-state index in [0.29, 0.717) is 6.42 Å². The third-order valence-electron chi connectivity index (χ3n) is 3.98. The van der Waals surface area contributed by atoms with E-state index in [1.807, 2.05) is 24.3 Å². The zero-order chi connectivity index (χ0) is 14.2. The van der Waals surface area contributed by atoms with E-state index in [0.717, 1.165) is 30.3 Å². The van der Waals surface area contributed by atoms with Gasteiger partial charge in [-0.2, -0.15) is 0 Å². The van der Waals surface area contributed by atoms with Crippen molar-refractivity contribution in [1.82, 2.24) is 0 Å². The summed E-state index contributed by atoms with van der Waals surface area (Å²) in [7, 11) is 1.42. The molecule has 1 aliphatic rings. The van der Waals surface area contributed by atoms with E-state index >= 15 is 0 Å². The van der Waals surface area contributed by atoms with Crippen LogP contribution in [0.25, 0.3) is 0 Å². The fraction of sp³-hybridized carbons (Fsp3) is 0.588. The van der Waals surface area contributed by atoms with Crippen molar-refractivity contribution >= 4 is 5.97 Å². The third-order valence-corrected chi connectivity index (χ3v) is 3.98. The highest BCUT2D eigenvalue weighted by atomic mass is 16.5. The maximum atomic E-state index is 11.1. The Hall–Kier alpha value is -1.51. The lowest BCUT2D eigenvalue weighted by Crippen LogP contribution is -2.15. The molecule has 0 radical (unpaired) electrons. The van der Waals surface area contributed by atoms with Crippen LogP contribution in [0.15, 0.2) is 24.3 Å². The van der Waals surface area contributed by atoms with Gasteiger partial charge in [0, 0.05) is 6.42 Å². The summed E-state index contributed by atoms with van der Waals surface area (Å²) < 4.78 is 10.5. The largest absolute Gasteiger partial charge is 0.493 e. The predicted octanol–water partition coefficient (Wildman–Crippen LogP) is 3.75. The number of ether oxygens (including phenoxy) is 2. The molecule has 1 aromatic rings. The molecule has 1 aromatic carbocycles. The fourth-order valence-corrected chi connectivity index (χ4v) is 2.67. The van der Waals surface area contributed by atoms with E-state index in [-0.39, 0.29) is 5.97 Å². The molecule has 0 heterocycles. The van der Waals surface area contributed by atoms with E-state index in [1.54, 1.807) is 0 Å². The third kappa shape index (κ3) is 4.87. The number of methoxy groups -OCH3 is 1. The molecular formula is C17H24O3. The molecule has 0 saturated heterocycles. The molecule has 3 nitrogen and oxygen atoms in total. The fourth-order valence-electron chi connectivity index (χ4n) is 2.67. The average molecular weight is 276 g/mol. The van der Waals surface area contributed by atoms with Crippen LogP contribution in [0.1, 0.15) is 44.1 Å². The summed E-state index contributed by atoms with van der Waals surface area (Å²) in [6, 6.07) is 8.04. The molecule has 0 unspecified atom stereocenters. The summed E-state index contributed by atoms with van der Waals surface area (Å²) in [6.07, 6.45) is 7.83. The molecule has 20 heavy (non-hydrogen) atoms. The minimum Gasteiger partial charge on any atom is -0.493 e. The lowest BCUT2D eigenvalue weighted by Gasteiger charge is -2.21. The molecule has 0 aromatic heterocycles. The van der Waals surface area contributed by atoms with E-state index in [9.17, 15) is 4.79 Å². The van der Waals surface area contributed by atoms with Gasteiger partial charge in [-0.15, -0.1) is 0 Å². The van der Waals surface area contributed by atoms with Crippen LogP contribution in [0.2, 0.25) is 0 Å². The molecule has 0 N–H and O–H groups in total. The Bertz CT molecular complexity index is 405. The van der Waals surface area contributed by atoms with Gasteiger partial charge in [0.1, 0.15) is 5.75 Å². The Morgan fingerprint density at radius 3 is 2.50 bits per heavy atom. The number of rotatable bonds is 6. The zero-order valence-corrected chi connectivity index (χ0v) is 12.3. The Kier molecular flexibility index (Phi) is 5.90. The predicted molar refractivity (Wildman–Crippen MR) is 78.8 cm³/mol. The first-order chi connectivity index (χ1) is 9.78. The number of carbonyl (C=O) groups is 1. The number of hydrogen-bond donors (Lipinski definition) is 0. The van der Waals surface area contributed by atoms with Crippen molar-refractivity contribution in [1.29, 1.82) is 0 Å². The monoisotopic (exact) mass is 276 g/mol. The SMILES string of the molecule is COC(=O)CCc1ccc(OCC2CCCCC2)cc1. The van der Waals surface area contributed by atoms with Crippen molar-refractivity contribution in [3.05, 3.63) is 29.8 Å². The van der Waals surface area contributed by atoms with Crippen molar-refractivity contribution in [3.63, 3.8) is 0 Å². The Labute approximate surface area is 121 Å². The topological polar surface area (TPSA) is 35.5 Å². The second-order valence-corrected chi connectivity index (χ2v) is 5.54. The molecule has 0 atom stereocenters. The van der Waals surface area contributed by atoms with Crippen molar-refractivity contribution in [3.8, 4) is 5.75 Å². The van der Waals surface area contributed by atoms with E-state index in [2.05, 4.69) is 4.74 Å². The Morgan fingerprint density at radius 1 is 1.15 bits per heavy atom. The minimum atomic E-state index is -0.164.